The van der Waals surface area contributed by atoms with Gasteiger partial charge in [0.2, 0.25) is 0 Å². The molecule has 0 unspecified atom stereocenters. The van der Waals surface area contributed by atoms with Gasteiger partial charge in [-0.3, -0.25) is 19.7 Å². The Labute approximate surface area is 197 Å². The van der Waals surface area contributed by atoms with Gasteiger partial charge in [-0.15, -0.1) is 0 Å². The number of nitrogens with one attached hydrogen (secondary N) is 2. The number of carbonyl (C=O) groups is 2. The number of furan rings is 1. The topological polar surface area (TPSA) is 118 Å². The highest BCUT2D eigenvalue weighted by molar-refractivity contribution is 6.05. The Hall–Kier alpha value is -4.24. The van der Waals surface area contributed by atoms with Crippen LogP contribution in [0.2, 0.25) is 0 Å². The number of carbonyl (C=O) groups excluding carboxylic acids is 2. The van der Waals surface area contributed by atoms with Crippen molar-refractivity contribution in [2.45, 2.75) is 6.42 Å². The van der Waals surface area contributed by atoms with Gasteiger partial charge < -0.3 is 20.0 Å². The second-order valence-corrected chi connectivity index (χ2v) is 7.80. The number of nitro groups is 1. The summed E-state index contributed by atoms with van der Waals surface area (Å²) in [4.78, 5) is 37.9. The minimum Gasteiger partial charge on any atom is -0.457 e. The van der Waals surface area contributed by atoms with E-state index in [1.54, 1.807) is 54.6 Å². The van der Waals surface area contributed by atoms with E-state index in [9.17, 15) is 19.7 Å². The summed E-state index contributed by atoms with van der Waals surface area (Å²) in [5, 5.41) is 16.3. The first-order chi connectivity index (χ1) is 16.3. The standard InChI is InChI=1S/C25H26N4O5/c1-28(2)16-6-15-26-25(31)22(27-24(30)19-7-4-3-5-8-19)17-21-13-14-23(34-21)18-9-11-20(12-10-18)29(32)33/h3-5,7-14,17H,6,15-16H2,1-2H3,(H,26,31)(H,27,30)/b22-17+. The predicted octanol–water partition coefficient (Wildman–Crippen LogP) is 3.69. The Morgan fingerprint density at radius 2 is 1.74 bits per heavy atom. The van der Waals surface area contributed by atoms with Gasteiger partial charge in [-0.05, 0) is 63.5 Å². The van der Waals surface area contributed by atoms with Crippen molar-refractivity contribution in [2.24, 2.45) is 0 Å². The molecule has 0 saturated heterocycles. The zero-order valence-corrected chi connectivity index (χ0v) is 19.0. The van der Waals surface area contributed by atoms with Gasteiger partial charge in [0.25, 0.3) is 17.5 Å². The van der Waals surface area contributed by atoms with Crippen LogP contribution in [-0.4, -0.2) is 48.8 Å². The quantitative estimate of drug-likeness (QED) is 0.205. The predicted molar refractivity (Wildman–Crippen MR) is 129 cm³/mol. The molecule has 0 saturated carbocycles. The number of hydrogen-bond donors (Lipinski definition) is 2. The van der Waals surface area contributed by atoms with Crippen LogP contribution in [0.25, 0.3) is 17.4 Å². The van der Waals surface area contributed by atoms with Crippen LogP contribution in [0.3, 0.4) is 0 Å². The van der Waals surface area contributed by atoms with Crippen LogP contribution >= 0.6 is 0 Å². The van der Waals surface area contributed by atoms with E-state index in [0.29, 0.717) is 29.2 Å². The number of amides is 2. The molecule has 2 aromatic carbocycles. The summed E-state index contributed by atoms with van der Waals surface area (Å²) < 4.78 is 5.81. The molecule has 0 aliphatic carbocycles. The molecule has 2 N–H and O–H groups in total. The largest absolute Gasteiger partial charge is 0.457 e. The van der Waals surface area contributed by atoms with Crippen molar-refractivity contribution in [3.63, 3.8) is 0 Å². The molecule has 1 heterocycles. The van der Waals surface area contributed by atoms with Crippen LogP contribution in [0.5, 0.6) is 0 Å². The van der Waals surface area contributed by atoms with Crippen molar-refractivity contribution in [1.82, 2.24) is 15.5 Å². The average Bonchev–Trinajstić information content (AvgIpc) is 3.30. The fourth-order valence-corrected chi connectivity index (χ4v) is 3.11. The van der Waals surface area contributed by atoms with Gasteiger partial charge in [0, 0.05) is 35.9 Å². The zero-order chi connectivity index (χ0) is 24.5. The molecule has 3 rings (SSSR count). The lowest BCUT2D eigenvalue weighted by Crippen LogP contribution is -2.36. The molecule has 176 valence electrons. The summed E-state index contributed by atoms with van der Waals surface area (Å²) in [6.07, 6.45) is 2.21. The van der Waals surface area contributed by atoms with Gasteiger partial charge >= 0.3 is 0 Å². The van der Waals surface area contributed by atoms with Gasteiger partial charge in [-0.25, -0.2) is 0 Å². The smallest absolute Gasteiger partial charge is 0.269 e. The van der Waals surface area contributed by atoms with Gasteiger partial charge in [0.05, 0.1) is 4.92 Å². The van der Waals surface area contributed by atoms with Crippen molar-refractivity contribution in [3.8, 4) is 11.3 Å². The maximum Gasteiger partial charge on any atom is 0.269 e. The number of non-ortho nitro benzene ring substituents is 1. The zero-order valence-electron chi connectivity index (χ0n) is 19.0. The minimum absolute atomic E-state index is 0.0210. The summed E-state index contributed by atoms with van der Waals surface area (Å²) >= 11 is 0. The highest BCUT2D eigenvalue weighted by atomic mass is 16.6. The lowest BCUT2D eigenvalue weighted by Gasteiger charge is -2.12. The molecule has 0 bridgehead atoms. The Morgan fingerprint density at radius 1 is 1.03 bits per heavy atom. The van der Waals surface area contributed by atoms with Crippen LogP contribution in [0.15, 0.2) is 76.8 Å². The molecule has 3 aromatic rings. The van der Waals surface area contributed by atoms with Gasteiger partial charge in [0.1, 0.15) is 17.2 Å². The Morgan fingerprint density at radius 3 is 2.38 bits per heavy atom. The molecule has 0 atom stereocenters. The van der Waals surface area contributed by atoms with Crippen molar-refractivity contribution in [1.29, 1.82) is 0 Å². The molecule has 9 heteroatoms. The van der Waals surface area contributed by atoms with E-state index >= 15 is 0 Å². The lowest BCUT2D eigenvalue weighted by atomic mass is 10.1. The SMILES string of the molecule is CN(C)CCCNC(=O)/C(=C\c1ccc(-c2ccc([N+](=O)[O-])cc2)o1)NC(=O)c1ccccc1. The summed E-state index contributed by atoms with van der Waals surface area (Å²) in [6, 6.07) is 17.9. The van der Waals surface area contributed by atoms with Crippen LogP contribution in [0.1, 0.15) is 22.5 Å². The van der Waals surface area contributed by atoms with Crippen LogP contribution in [0.4, 0.5) is 5.69 Å². The molecule has 0 aliphatic heterocycles. The average molecular weight is 463 g/mol. The molecule has 34 heavy (non-hydrogen) atoms. The third-order valence-electron chi connectivity index (χ3n) is 4.87. The highest BCUT2D eigenvalue weighted by Crippen LogP contribution is 2.25. The number of benzene rings is 2. The van der Waals surface area contributed by atoms with E-state index in [0.717, 1.165) is 13.0 Å². The van der Waals surface area contributed by atoms with E-state index in [1.165, 1.54) is 18.2 Å². The first-order valence-electron chi connectivity index (χ1n) is 10.7. The second-order valence-electron chi connectivity index (χ2n) is 7.80. The van der Waals surface area contributed by atoms with Crippen LogP contribution < -0.4 is 10.6 Å². The van der Waals surface area contributed by atoms with E-state index in [4.69, 9.17) is 4.42 Å². The molecule has 2 amide bonds. The monoisotopic (exact) mass is 462 g/mol. The Kier molecular flexibility index (Phi) is 8.31. The van der Waals surface area contributed by atoms with Crippen molar-refractivity contribution in [2.75, 3.05) is 27.2 Å². The van der Waals surface area contributed by atoms with E-state index in [2.05, 4.69) is 10.6 Å². The number of hydrogen-bond acceptors (Lipinski definition) is 6. The van der Waals surface area contributed by atoms with Gasteiger partial charge in [0.15, 0.2) is 0 Å². The fraction of sp³-hybridized carbons (Fsp3) is 0.200. The number of rotatable bonds is 10. The van der Waals surface area contributed by atoms with Crippen LogP contribution in [-0.2, 0) is 4.79 Å². The minimum atomic E-state index is -0.473. The highest BCUT2D eigenvalue weighted by Gasteiger charge is 2.16. The molecule has 0 aliphatic rings. The molecular formula is C25H26N4O5. The maximum atomic E-state index is 12.8. The van der Waals surface area contributed by atoms with E-state index in [-0.39, 0.29) is 11.4 Å². The summed E-state index contributed by atoms with van der Waals surface area (Å²) in [7, 11) is 3.90. The molecule has 0 spiro atoms. The van der Waals surface area contributed by atoms with Crippen molar-refractivity contribution < 1.29 is 18.9 Å². The Balaban J connectivity index is 1.80. The fourth-order valence-electron chi connectivity index (χ4n) is 3.11. The molecule has 0 radical (unpaired) electrons. The molecule has 9 nitrogen and oxygen atoms in total. The van der Waals surface area contributed by atoms with E-state index in [1.807, 2.05) is 19.0 Å². The van der Waals surface area contributed by atoms with Gasteiger partial charge in [-0.1, -0.05) is 18.2 Å². The van der Waals surface area contributed by atoms with Crippen molar-refractivity contribution in [3.05, 3.63) is 93.9 Å². The van der Waals surface area contributed by atoms with Gasteiger partial charge in [-0.2, -0.15) is 0 Å². The van der Waals surface area contributed by atoms with Crippen LogP contribution in [0, 0.1) is 10.1 Å². The van der Waals surface area contributed by atoms with E-state index < -0.39 is 16.7 Å². The third kappa shape index (κ3) is 6.88. The molecular weight excluding hydrogens is 436 g/mol. The summed E-state index contributed by atoms with van der Waals surface area (Å²) in [6.45, 7) is 1.26. The Bertz CT molecular complexity index is 1170. The van der Waals surface area contributed by atoms with Crippen molar-refractivity contribution >= 4 is 23.6 Å². The lowest BCUT2D eigenvalue weighted by molar-refractivity contribution is -0.384. The third-order valence-corrected chi connectivity index (χ3v) is 4.87. The second kappa shape index (κ2) is 11.6. The first kappa shape index (κ1) is 24.4. The number of nitro benzene ring substituents is 1. The summed E-state index contributed by atoms with van der Waals surface area (Å²) in [5.41, 5.74) is 1.09. The normalized spacial score (nSPS) is 11.3. The molecule has 1 aromatic heterocycles. The summed E-state index contributed by atoms with van der Waals surface area (Å²) in [5.74, 6) is -0.0322. The number of nitrogens with zero attached hydrogens (tertiary/aromatic N) is 2. The first-order valence-corrected chi connectivity index (χ1v) is 10.7. The maximum absolute atomic E-state index is 12.8. The molecule has 0 fully saturated rings.